The summed E-state index contributed by atoms with van der Waals surface area (Å²) in [6, 6.07) is 15.2. The molecule has 1 fully saturated rings. The molecule has 6 heteroatoms. The van der Waals surface area contributed by atoms with Gasteiger partial charge in [-0.3, -0.25) is 4.79 Å². The Hall–Kier alpha value is -2.57. The predicted molar refractivity (Wildman–Crippen MR) is 100.0 cm³/mol. The first kappa shape index (κ1) is 18.2. The molecule has 1 amide bonds. The summed E-state index contributed by atoms with van der Waals surface area (Å²) >= 11 is 0. The van der Waals surface area contributed by atoms with E-state index in [2.05, 4.69) is 0 Å². The molecule has 1 aliphatic heterocycles. The zero-order valence-corrected chi connectivity index (χ0v) is 14.9. The summed E-state index contributed by atoms with van der Waals surface area (Å²) in [4.78, 5) is 14.1. The average molecular weight is 356 g/mol. The topological polar surface area (TPSA) is 74.0 Å². The van der Waals surface area contributed by atoms with Gasteiger partial charge in [-0.1, -0.05) is 30.3 Å². The second-order valence-corrected chi connectivity index (χ2v) is 6.16. The number of nitrogen functional groups attached to an aromatic ring is 1. The molecule has 2 aromatic carbocycles. The van der Waals surface area contributed by atoms with E-state index in [4.69, 9.17) is 19.9 Å². The van der Waals surface area contributed by atoms with Crippen LogP contribution in [0.15, 0.2) is 48.5 Å². The van der Waals surface area contributed by atoms with Gasteiger partial charge in [0.15, 0.2) is 6.29 Å². The van der Waals surface area contributed by atoms with Gasteiger partial charge in [-0.25, -0.2) is 0 Å². The number of nitrogens with zero attached hydrogens (tertiary/aromatic N) is 1. The van der Waals surface area contributed by atoms with E-state index in [-0.39, 0.29) is 12.2 Å². The molecule has 1 heterocycles. The Labute approximate surface area is 153 Å². The van der Waals surface area contributed by atoms with Gasteiger partial charge >= 0.3 is 0 Å². The molecule has 2 aromatic rings. The van der Waals surface area contributed by atoms with Crippen molar-refractivity contribution in [3.8, 4) is 5.75 Å². The molecule has 26 heavy (non-hydrogen) atoms. The van der Waals surface area contributed by atoms with Gasteiger partial charge in [0.2, 0.25) is 5.91 Å². The molecule has 0 bridgehead atoms. The molecule has 3 rings (SSSR count). The summed E-state index contributed by atoms with van der Waals surface area (Å²) < 4.78 is 16.7. The summed E-state index contributed by atoms with van der Waals surface area (Å²) in [5.41, 5.74) is 8.20. The number of nitrogens with two attached hydrogens (primary N) is 1. The van der Waals surface area contributed by atoms with E-state index in [0.29, 0.717) is 49.8 Å². The highest BCUT2D eigenvalue weighted by molar-refractivity contribution is 5.94. The van der Waals surface area contributed by atoms with Gasteiger partial charge in [-0.05, 0) is 23.8 Å². The molecular formula is C20H24N2O4. The molecular weight excluding hydrogens is 332 g/mol. The summed E-state index contributed by atoms with van der Waals surface area (Å²) in [6.07, 6.45) is 0.571. The first-order valence-electron chi connectivity index (χ1n) is 8.69. The highest BCUT2D eigenvalue weighted by Gasteiger charge is 2.21. The van der Waals surface area contributed by atoms with Crippen LogP contribution in [0.2, 0.25) is 0 Å². The van der Waals surface area contributed by atoms with Gasteiger partial charge < -0.3 is 24.8 Å². The number of amides is 1. The molecule has 0 spiro atoms. The van der Waals surface area contributed by atoms with Crippen molar-refractivity contribution in [3.63, 3.8) is 0 Å². The number of carbonyl (C=O) groups is 1. The molecule has 0 atom stereocenters. The summed E-state index contributed by atoms with van der Waals surface area (Å²) in [5, 5.41) is 0. The number of ether oxygens (including phenoxy) is 3. The average Bonchev–Trinajstić information content (AvgIpc) is 3.19. The maximum Gasteiger partial charge on any atom is 0.227 e. The van der Waals surface area contributed by atoms with Crippen molar-refractivity contribution < 1.29 is 19.0 Å². The molecule has 138 valence electrons. The smallest absolute Gasteiger partial charge is 0.227 e. The lowest BCUT2D eigenvalue weighted by atomic mass is 10.2. The maximum absolute atomic E-state index is 12.6. The van der Waals surface area contributed by atoms with Gasteiger partial charge in [-0.15, -0.1) is 0 Å². The van der Waals surface area contributed by atoms with E-state index in [9.17, 15) is 4.79 Å². The fraction of sp³-hybridized carbons (Fsp3) is 0.350. The van der Waals surface area contributed by atoms with Crippen molar-refractivity contribution in [1.29, 1.82) is 0 Å². The molecule has 0 aliphatic carbocycles. The Balaban J connectivity index is 1.66. The lowest BCUT2D eigenvalue weighted by Gasteiger charge is -2.22. The van der Waals surface area contributed by atoms with Crippen LogP contribution in [0.1, 0.15) is 18.4 Å². The van der Waals surface area contributed by atoms with E-state index in [1.165, 1.54) is 0 Å². The van der Waals surface area contributed by atoms with Crippen LogP contribution in [0.5, 0.6) is 5.75 Å². The Bertz CT molecular complexity index is 730. The van der Waals surface area contributed by atoms with Crippen molar-refractivity contribution in [2.24, 2.45) is 0 Å². The van der Waals surface area contributed by atoms with Crippen molar-refractivity contribution in [2.45, 2.75) is 25.7 Å². The molecule has 0 saturated carbocycles. The largest absolute Gasteiger partial charge is 0.487 e. The minimum atomic E-state index is -0.290. The number of hydrogen-bond donors (Lipinski definition) is 1. The van der Waals surface area contributed by atoms with Crippen LogP contribution >= 0.6 is 0 Å². The highest BCUT2D eigenvalue weighted by atomic mass is 16.7. The third kappa shape index (κ3) is 4.74. The van der Waals surface area contributed by atoms with Crippen molar-refractivity contribution in [1.82, 2.24) is 0 Å². The molecule has 2 N–H and O–H groups in total. The van der Waals surface area contributed by atoms with Crippen molar-refractivity contribution in [2.75, 3.05) is 30.9 Å². The monoisotopic (exact) mass is 356 g/mol. The minimum absolute atomic E-state index is 0.0424. The Morgan fingerprint density at radius 1 is 1.19 bits per heavy atom. The summed E-state index contributed by atoms with van der Waals surface area (Å²) in [7, 11) is 1.73. The molecule has 1 saturated heterocycles. The first-order valence-corrected chi connectivity index (χ1v) is 8.69. The third-order valence-electron chi connectivity index (χ3n) is 4.24. The number of benzene rings is 2. The zero-order chi connectivity index (χ0) is 18.4. The molecule has 6 nitrogen and oxygen atoms in total. The summed E-state index contributed by atoms with van der Waals surface area (Å²) in [6.45, 7) is 1.59. The Morgan fingerprint density at radius 3 is 2.65 bits per heavy atom. The van der Waals surface area contributed by atoms with Crippen LogP contribution in [0.25, 0.3) is 0 Å². The SMILES string of the molecule is CN(C(=O)CCC1OCCO1)c1cc(N)ccc1OCc1ccccc1. The quantitative estimate of drug-likeness (QED) is 0.772. The van der Waals surface area contributed by atoms with Crippen LogP contribution in [0.3, 0.4) is 0 Å². The van der Waals surface area contributed by atoms with Crippen LogP contribution < -0.4 is 15.4 Å². The minimum Gasteiger partial charge on any atom is -0.487 e. The molecule has 0 aromatic heterocycles. The van der Waals surface area contributed by atoms with E-state index in [0.717, 1.165) is 5.56 Å². The zero-order valence-electron chi connectivity index (χ0n) is 14.9. The maximum atomic E-state index is 12.6. The van der Waals surface area contributed by atoms with E-state index in [1.807, 2.05) is 30.3 Å². The van der Waals surface area contributed by atoms with Crippen molar-refractivity contribution in [3.05, 3.63) is 54.1 Å². The number of rotatable bonds is 7. The van der Waals surface area contributed by atoms with E-state index < -0.39 is 0 Å². The van der Waals surface area contributed by atoms with Crippen LogP contribution in [-0.2, 0) is 20.9 Å². The van der Waals surface area contributed by atoms with Crippen LogP contribution in [0, 0.1) is 0 Å². The van der Waals surface area contributed by atoms with Crippen molar-refractivity contribution >= 4 is 17.3 Å². The number of anilines is 2. The van der Waals surface area contributed by atoms with E-state index in [1.54, 1.807) is 30.1 Å². The third-order valence-corrected chi connectivity index (χ3v) is 4.24. The van der Waals surface area contributed by atoms with Crippen LogP contribution in [0.4, 0.5) is 11.4 Å². The second-order valence-electron chi connectivity index (χ2n) is 6.16. The summed E-state index contributed by atoms with van der Waals surface area (Å²) in [5.74, 6) is 0.575. The second kappa shape index (κ2) is 8.69. The normalized spacial score (nSPS) is 14.3. The van der Waals surface area contributed by atoms with Gasteiger partial charge in [0, 0.05) is 25.6 Å². The van der Waals surface area contributed by atoms with Gasteiger partial charge in [0.1, 0.15) is 12.4 Å². The standard InChI is InChI=1S/C20H24N2O4/c1-22(19(23)9-10-20-24-11-12-25-20)17-13-16(21)7-8-18(17)26-14-15-5-3-2-4-6-15/h2-8,13,20H,9-12,14,21H2,1H3. The van der Waals surface area contributed by atoms with Gasteiger partial charge in [0.25, 0.3) is 0 Å². The lowest BCUT2D eigenvalue weighted by molar-refractivity contribution is -0.120. The van der Waals surface area contributed by atoms with Crippen LogP contribution in [-0.4, -0.2) is 32.5 Å². The molecule has 0 unspecified atom stereocenters. The van der Waals surface area contributed by atoms with Gasteiger partial charge in [-0.2, -0.15) is 0 Å². The van der Waals surface area contributed by atoms with Gasteiger partial charge in [0.05, 0.1) is 18.9 Å². The predicted octanol–water partition coefficient (Wildman–Crippen LogP) is 2.96. The Kier molecular flexibility index (Phi) is 6.09. The first-order chi connectivity index (χ1) is 12.6. The number of carbonyl (C=O) groups excluding carboxylic acids is 1. The molecule has 0 radical (unpaired) electrons. The fourth-order valence-corrected chi connectivity index (χ4v) is 2.77. The lowest BCUT2D eigenvalue weighted by Crippen LogP contribution is -2.27. The molecule has 1 aliphatic rings. The fourth-order valence-electron chi connectivity index (χ4n) is 2.77. The Morgan fingerprint density at radius 2 is 1.92 bits per heavy atom. The highest BCUT2D eigenvalue weighted by Crippen LogP contribution is 2.31. The number of hydrogen-bond acceptors (Lipinski definition) is 5. The van der Waals surface area contributed by atoms with E-state index >= 15 is 0 Å².